The van der Waals surface area contributed by atoms with Gasteiger partial charge in [0.15, 0.2) is 0 Å². The van der Waals surface area contributed by atoms with E-state index in [-0.39, 0.29) is 11.8 Å². The van der Waals surface area contributed by atoms with E-state index in [2.05, 4.69) is 12.2 Å². The Kier molecular flexibility index (Phi) is 5.56. The number of carbonyl (C=O) groups excluding carboxylic acids is 2. The van der Waals surface area contributed by atoms with Gasteiger partial charge in [0.25, 0.3) is 5.91 Å². The van der Waals surface area contributed by atoms with Crippen LogP contribution in [0.3, 0.4) is 0 Å². The standard InChI is InChI=1S/C21H24N2O3/c1-3-4-13-26-17-11-9-15(10-12-17)21(25)23-18-8-6-5-7-16(18)14-19(23)20(24)22-2/h5-12,19H,3-4,13-14H2,1-2H3,(H,22,24)/t19-/m1/s1. The van der Waals surface area contributed by atoms with Gasteiger partial charge in [-0.1, -0.05) is 31.5 Å². The summed E-state index contributed by atoms with van der Waals surface area (Å²) in [6.07, 6.45) is 2.60. The van der Waals surface area contributed by atoms with Crippen molar-refractivity contribution in [3.63, 3.8) is 0 Å². The Morgan fingerprint density at radius 2 is 1.88 bits per heavy atom. The minimum atomic E-state index is -0.523. The van der Waals surface area contributed by atoms with Crippen molar-refractivity contribution in [2.24, 2.45) is 0 Å². The van der Waals surface area contributed by atoms with E-state index in [1.807, 2.05) is 24.3 Å². The van der Waals surface area contributed by atoms with Gasteiger partial charge in [0, 0.05) is 24.7 Å². The van der Waals surface area contributed by atoms with Gasteiger partial charge in [-0.2, -0.15) is 0 Å². The quantitative estimate of drug-likeness (QED) is 0.813. The van der Waals surface area contributed by atoms with Crippen LogP contribution in [0.5, 0.6) is 5.75 Å². The Morgan fingerprint density at radius 1 is 1.15 bits per heavy atom. The first-order valence-corrected chi connectivity index (χ1v) is 9.01. The van der Waals surface area contributed by atoms with Crippen LogP contribution in [0.2, 0.25) is 0 Å². The van der Waals surface area contributed by atoms with Crippen LogP contribution in [-0.2, 0) is 11.2 Å². The van der Waals surface area contributed by atoms with E-state index in [0.29, 0.717) is 18.6 Å². The number of amides is 2. The fourth-order valence-electron chi connectivity index (χ4n) is 3.18. The number of nitrogens with one attached hydrogen (secondary N) is 1. The fraction of sp³-hybridized carbons (Fsp3) is 0.333. The second-order valence-corrected chi connectivity index (χ2v) is 6.36. The van der Waals surface area contributed by atoms with E-state index < -0.39 is 6.04 Å². The molecule has 1 heterocycles. The van der Waals surface area contributed by atoms with Gasteiger partial charge in [-0.05, 0) is 42.3 Å². The zero-order chi connectivity index (χ0) is 18.5. The van der Waals surface area contributed by atoms with Crippen LogP contribution in [-0.4, -0.2) is 31.5 Å². The molecule has 0 spiro atoms. The number of unbranched alkanes of at least 4 members (excludes halogenated alkanes) is 1. The fourth-order valence-corrected chi connectivity index (χ4v) is 3.18. The number of nitrogens with zero attached hydrogens (tertiary/aromatic N) is 1. The molecule has 0 bridgehead atoms. The first-order chi connectivity index (χ1) is 12.7. The van der Waals surface area contributed by atoms with Crippen LogP contribution in [0.15, 0.2) is 48.5 Å². The molecule has 0 saturated heterocycles. The maximum atomic E-state index is 13.1. The van der Waals surface area contributed by atoms with Crippen molar-refractivity contribution in [1.82, 2.24) is 5.32 Å². The van der Waals surface area contributed by atoms with Crippen LogP contribution in [0.1, 0.15) is 35.7 Å². The summed E-state index contributed by atoms with van der Waals surface area (Å²) in [6.45, 7) is 2.78. The van der Waals surface area contributed by atoms with E-state index in [1.165, 1.54) is 0 Å². The molecule has 5 nitrogen and oxygen atoms in total. The first kappa shape index (κ1) is 18.0. The van der Waals surface area contributed by atoms with Gasteiger partial charge in [0.05, 0.1) is 6.61 Å². The largest absolute Gasteiger partial charge is 0.494 e. The van der Waals surface area contributed by atoms with E-state index in [4.69, 9.17) is 4.74 Å². The number of benzene rings is 2. The maximum Gasteiger partial charge on any atom is 0.259 e. The molecule has 0 fully saturated rings. The summed E-state index contributed by atoms with van der Waals surface area (Å²) in [7, 11) is 1.59. The van der Waals surface area contributed by atoms with E-state index in [0.717, 1.165) is 29.8 Å². The lowest BCUT2D eigenvalue weighted by Gasteiger charge is -2.24. The SMILES string of the molecule is CCCCOc1ccc(C(=O)N2c3ccccc3C[C@@H]2C(=O)NC)cc1. The Labute approximate surface area is 154 Å². The number of hydrogen-bond acceptors (Lipinski definition) is 3. The van der Waals surface area contributed by atoms with E-state index >= 15 is 0 Å². The number of carbonyl (C=O) groups is 2. The van der Waals surface area contributed by atoms with Gasteiger partial charge < -0.3 is 10.1 Å². The van der Waals surface area contributed by atoms with Crippen molar-refractivity contribution >= 4 is 17.5 Å². The average Bonchev–Trinajstić information content (AvgIpc) is 3.07. The average molecular weight is 352 g/mol. The second kappa shape index (κ2) is 8.04. The molecule has 136 valence electrons. The zero-order valence-electron chi connectivity index (χ0n) is 15.2. The summed E-state index contributed by atoms with van der Waals surface area (Å²) in [4.78, 5) is 27.0. The Hall–Kier alpha value is -2.82. The summed E-state index contributed by atoms with van der Waals surface area (Å²) in [5.74, 6) is 0.414. The van der Waals surface area contributed by atoms with Gasteiger partial charge in [-0.25, -0.2) is 0 Å². The minimum absolute atomic E-state index is 0.158. The summed E-state index contributed by atoms with van der Waals surface area (Å²) in [5, 5.41) is 2.66. The molecule has 1 atom stereocenters. The van der Waals surface area contributed by atoms with E-state index in [9.17, 15) is 9.59 Å². The van der Waals surface area contributed by atoms with Crippen LogP contribution >= 0.6 is 0 Å². The molecular formula is C21H24N2O3. The van der Waals surface area contributed by atoms with Crippen molar-refractivity contribution in [2.75, 3.05) is 18.6 Å². The number of fused-ring (bicyclic) bond motifs is 1. The molecule has 0 aromatic heterocycles. The van der Waals surface area contributed by atoms with Crippen LogP contribution in [0, 0.1) is 0 Å². The summed E-state index contributed by atoms with van der Waals surface area (Å²) >= 11 is 0. The minimum Gasteiger partial charge on any atom is -0.494 e. The number of ether oxygens (including phenoxy) is 1. The highest BCUT2D eigenvalue weighted by molar-refractivity contribution is 6.11. The molecule has 1 aliphatic heterocycles. The highest BCUT2D eigenvalue weighted by atomic mass is 16.5. The topological polar surface area (TPSA) is 58.6 Å². The molecule has 26 heavy (non-hydrogen) atoms. The molecule has 2 amide bonds. The highest BCUT2D eigenvalue weighted by Gasteiger charge is 2.38. The number of para-hydroxylation sites is 1. The third-order valence-corrected chi connectivity index (χ3v) is 4.61. The molecule has 3 rings (SSSR count). The van der Waals surface area contributed by atoms with Gasteiger partial charge in [-0.15, -0.1) is 0 Å². The molecule has 5 heteroatoms. The monoisotopic (exact) mass is 352 g/mol. The van der Waals surface area contributed by atoms with Gasteiger partial charge in [-0.3, -0.25) is 14.5 Å². The van der Waals surface area contributed by atoms with Gasteiger partial charge in [0.1, 0.15) is 11.8 Å². The summed E-state index contributed by atoms with van der Waals surface area (Å²) in [6, 6.07) is 14.3. The Balaban J connectivity index is 1.83. The summed E-state index contributed by atoms with van der Waals surface area (Å²) < 4.78 is 5.65. The smallest absolute Gasteiger partial charge is 0.259 e. The maximum absolute atomic E-state index is 13.1. The van der Waals surface area contributed by atoms with Gasteiger partial charge >= 0.3 is 0 Å². The van der Waals surface area contributed by atoms with Crippen molar-refractivity contribution in [2.45, 2.75) is 32.2 Å². The number of anilines is 1. The third kappa shape index (κ3) is 3.57. The summed E-state index contributed by atoms with van der Waals surface area (Å²) in [5.41, 5.74) is 2.35. The van der Waals surface area contributed by atoms with Crippen molar-refractivity contribution in [3.05, 3.63) is 59.7 Å². The van der Waals surface area contributed by atoms with Crippen LogP contribution in [0.4, 0.5) is 5.69 Å². The predicted octanol–water partition coefficient (Wildman–Crippen LogP) is 3.18. The first-order valence-electron chi connectivity index (χ1n) is 9.01. The number of likely N-dealkylation sites (N-methyl/N-ethyl adjacent to an activating group) is 1. The normalized spacial score (nSPS) is 15.5. The highest BCUT2D eigenvalue weighted by Crippen LogP contribution is 2.33. The molecule has 1 aliphatic rings. The lowest BCUT2D eigenvalue weighted by molar-refractivity contribution is -0.121. The lowest BCUT2D eigenvalue weighted by atomic mass is 10.1. The Morgan fingerprint density at radius 3 is 2.58 bits per heavy atom. The van der Waals surface area contributed by atoms with E-state index in [1.54, 1.807) is 36.2 Å². The molecule has 0 saturated carbocycles. The number of rotatable bonds is 6. The van der Waals surface area contributed by atoms with Crippen molar-refractivity contribution < 1.29 is 14.3 Å². The second-order valence-electron chi connectivity index (χ2n) is 6.36. The molecule has 2 aromatic carbocycles. The molecule has 0 radical (unpaired) electrons. The Bertz CT molecular complexity index is 786. The molecule has 0 aliphatic carbocycles. The number of hydrogen-bond donors (Lipinski definition) is 1. The molecule has 2 aromatic rings. The zero-order valence-corrected chi connectivity index (χ0v) is 15.2. The molecule has 1 N–H and O–H groups in total. The molecular weight excluding hydrogens is 328 g/mol. The lowest BCUT2D eigenvalue weighted by Crippen LogP contribution is -2.47. The molecule has 0 unspecified atom stereocenters. The van der Waals surface area contributed by atoms with Gasteiger partial charge in [0.2, 0.25) is 5.91 Å². The van der Waals surface area contributed by atoms with Crippen LogP contribution in [0.25, 0.3) is 0 Å². The predicted molar refractivity (Wildman–Crippen MR) is 102 cm³/mol. The van der Waals surface area contributed by atoms with Crippen molar-refractivity contribution in [1.29, 1.82) is 0 Å². The van der Waals surface area contributed by atoms with Crippen molar-refractivity contribution in [3.8, 4) is 5.75 Å². The third-order valence-electron chi connectivity index (χ3n) is 4.61. The van der Waals surface area contributed by atoms with Crippen LogP contribution < -0.4 is 15.0 Å².